The van der Waals surface area contributed by atoms with Gasteiger partial charge >= 0.3 is 0 Å². The van der Waals surface area contributed by atoms with E-state index in [-0.39, 0.29) is 0 Å². The van der Waals surface area contributed by atoms with Crippen molar-refractivity contribution in [3.63, 3.8) is 0 Å². The van der Waals surface area contributed by atoms with E-state index in [2.05, 4.69) is 36.6 Å². The lowest BCUT2D eigenvalue weighted by Gasteiger charge is -2.17. The van der Waals surface area contributed by atoms with Crippen molar-refractivity contribution in [3.05, 3.63) is 29.6 Å². The van der Waals surface area contributed by atoms with Gasteiger partial charge in [0.15, 0.2) is 0 Å². The van der Waals surface area contributed by atoms with Crippen LogP contribution < -0.4 is 5.73 Å². The highest BCUT2D eigenvalue weighted by Crippen LogP contribution is 2.34. The van der Waals surface area contributed by atoms with Gasteiger partial charge in [-0.05, 0) is 37.5 Å². The van der Waals surface area contributed by atoms with Gasteiger partial charge in [-0.25, -0.2) is 4.98 Å². The number of hydrogen-bond acceptors (Lipinski definition) is 3. The predicted octanol–water partition coefficient (Wildman–Crippen LogP) is 2.80. The Balaban J connectivity index is 2.10. The molecule has 1 saturated heterocycles. The fraction of sp³-hybridized carbons (Fsp3) is 0.562. The molecule has 108 valence electrons. The minimum atomic E-state index is 0.311. The number of aryl methyl sites for hydroxylation is 1. The second-order valence-corrected chi connectivity index (χ2v) is 5.45. The lowest BCUT2D eigenvalue weighted by Crippen LogP contribution is -2.17. The van der Waals surface area contributed by atoms with Crippen LogP contribution in [0.2, 0.25) is 0 Å². The van der Waals surface area contributed by atoms with E-state index in [0.717, 1.165) is 37.1 Å². The second kappa shape index (κ2) is 5.54. The number of benzene rings is 1. The average Bonchev–Trinajstić information content (AvgIpc) is 3.09. The monoisotopic (exact) mass is 273 g/mol. The summed E-state index contributed by atoms with van der Waals surface area (Å²) in [5, 5.41) is 0. The maximum absolute atomic E-state index is 5.84. The molecule has 2 heterocycles. The Hall–Kier alpha value is -1.39. The van der Waals surface area contributed by atoms with Crippen LogP contribution >= 0.6 is 0 Å². The molecule has 1 fully saturated rings. The van der Waals surface area contributed by atoms with E-state index < -0.39 is 0 Å². The first kappa shape index (κ1) is 13.6. The van der Waals surface area contributed by atoms with Gasteiger partial charge in [-0.15, -0.1) is 0 Å². The summed E-state index contributed by atoms with van der Waals surface area (Å²) < 4.78 is 8.17. The molecular weight excluding hydrogens is 250 g/mol. The van der Waals surface area contributed by atoms with Crippen LogP contribution in [0.15, 0.2) is 18.2 Å². The number of imidazole rings is 1. The average molecular weight is 273 g/mol. The molecule has 3 rings (SSSR count). The van der Waals surface area contributed by atoms with Gasteiger partial charge in [0.05, 0.1) is 17.1 Å². The minimum Gasteiger partial charge on any atom is -0.377 e. The molecule has 1 aromatic carbocycles. The zero-order valence-corrected chi connectivity index (χ0v) is 12.3. The first-order valence-electron chi connectivity index (χ1n) is 7.59. The third kappa shape index (κ3) is 2.13. The summed E-state index contributed by atoms with van der Waals surface area (Å²) in [4.78, 5) is 4.90. The summed E-state index contributed by atoms with van der Waals surface area (Å²) >= 11 is 0. The highest BCUT2D eigenvalue weighted by molar-refractivity contribution is 5.77. The summed E-state index contributed by atoms with van der Waals surface area (Å²) in [6.07, 6.45) is 2.43. The summed E-state index contributed by atoms with van der Waals surface area (Å²) in [6, 6.07) is 6.36. The number of nitrogens with zero attached hydrogens (tertiary/aromatic N) is 2. The van der Waals surface area contributed by atoms with E-state index in [1.807, 2.05) is 0 Å². The SMILES string of the molecule is CCC1OCCC1c1nc2cc(CN)ccc2n1CC. The van der Waals surface area contributed by atoms with Gasteiger partial charge in [0.2, 0.25) is 0 Å². The topological polar surface area (TPSA) is 53.1 Å². The highest BCUT2D eigenvalue weighted by Gasteiger charge is 2.32. The molecule has 0 amide bonds. The molecule has 2 unspecified atom stereocenters. The highest BCUT2D eigenvalue weighted by atomic mass is 16.5. The number of ether oxygens (including phenoxy) is 1. The Morgan fingerprint density at radius 3 is 2.95 bits per heavy atom. The van der Waals surface area contributed by atoms with Crippen LogP contribution in [0.4, 0.5) is 0 Å². The largest absolute Gasteiger partial charge is 0.377 e. The lowest BCUT2D eigenvalue weighted by atomic mass is 9.99. The van der Waals surface area contributed by atoms with E-state index in [4.69, 9.17) is 15.5 Å². The molecular formula is C16H23N3O. The van der Waals surface area contributed by atoms with Crippen LogP contribution in [-0.2, 0) is 17.8 Å². The molecule has 2 N–H and O–H groups in total. The maximum Gasteiger partial charge on any atom is 0.115 e. The first-order valence-corrected chi connectivity index (χ1v) is 7.59. The fourth-order valence-corrected chi connectivity index (χ4v) is 3.28. The van der Waals surface area contributed by atoms with Gasteiger partial charge in [0.25, 0.3) is 0 Å². The molecule has 4 heteroatoms. The standard InChI is InChI=1S/C16H23N3O/c1-3-15-12(7-8-20-15)16-18-13-9-11(10-17)5-6-14(13)19(16)4-2/h5-6,9,12,15H,3-4,7-8,10,17H2,1-2H3. The zero-order valence-electron chi connectivity index (χ0n) is 12.3. The summed E-state index contributed by atoms with van der Waals surface area (Å²) in [6.45, 7) is 6.73. The van der Waals surface area contributed by atoms with Crippen molar-refractivity contribution in [1.29, 1.82) is 0 Å². The molecule has 0 radical (unpaired) electrons. The van der Waals surface area contributed by atoms with E-state index in [1.54, 1.807) is 0 Å². The van der Waals surface area contributed by atoms with Crippen molar-refractivity contribution in [3.8, 4) is 0 Å². The normalized spacial score (nSPS) is 22.8. The Morgan fingerprint density at radius 1 is 1.40 bits per heavy atom. The zero-order chi connectivity index (χ0) is 14.1. The number of fused-ring (bicyclic) bond motifs is 1. The van der Waals surface area contributed by atoms with E-state index in [0.29, 0.717) is 18.6 Å². The van der Waals surface area contributed by atoms with Crippen molar-refractivity contribution in [2.75, 3.05) is 6.61 Å². The summed E-state index contributed by atoms with van der Waals surface area (Å²) in [5.41, 5.74) is 9.14. The van der Waals surface area contributed by atoms with Crippen LogP contribution in [0, 0.1) is 0 Å². The number of rotatable bonds is 4. The Kier molecular flexibility index (Phi) is 3.76. The molecule has 1 aliphatic heterocycles. The van der Waals surface area contributed by atoms with Crippen LogP contribution in [0.3, 0.4) is 0 Å². The van der Waals surface area contributed by atoms with Crippen molar-refractivity contribution >= 4 is 11.0 Å². The Labute approximate surface area is 119 Å². The number of aromatic nitrogens is 2. The van der Waals surface area contributed by atoms with Crippen LogP contribution in [-0.4, -0.2) is 22.3 Å². The van der Waals surface area contributed by atoms with Crippen molar-refractivity contribution in [2.45, 2.75) is 51.8 Å². The summed E-state index contributed by atoms with van der Waals surface area (Å²) in [5.74, 6) is 1.61. The van der Waals surface area contributed by atoms with E-state index in [1.165, 1.54) is 11.3 Å². The quantitative estimate of drug-likeness (QED) is 0.932. The van der Waals surface area contributed by atoms with Gasteiger partial charge in [-0.1, -0.05) is 13.0 Å². The van der Waals surface area contributed by atoms with Gasteiger partial charge in [0, 0.05) is 25.6 Å². The lowest BCUT2D eigenvalue weighted by molar-refractivity contribution is 0.0990. The molecule has 0 spiro atoms. The van der Waals surface area contributed by atoms with Gasteiger partial charge in [0.1, 0.15) is 5.82 Å². The maximum atomic E-state index is 5.84. The third-order valence-electron chi connectivity index (χ3n) is 4.34. The summed E-state index contributed by atoms with van der Waals surface area (Å²) in [7, 11) is 0. The third-order valence-corrected chi connectivity index (χ3v) is 4.34. The molecule has 1 aromatic heterocycles. The second-order valence-electron chi connectivity index (χ2n) is 5.45. The van der Waals surface area contributed by atoms with Crippen molar-refractivity contribution < 1.29 is 4.74 Å². The molecule has 1 aliphatic rings. The minimum absolute atomic E-state index is 0.311. The number of nitrogens with two attached hydrogens (primary N) is 1. The van der Waals surface area contributed by atoms with Crippen molar-refractivity contribution in [2.24, 2.45) is 5.73 Å². The van der Waals surface area contributed by atoms with Gasteiger partial charge in [-0.2, -0.15) is 0 Å². The molecule has 4 nitrogen and oxygen atoms in total. The van der Waals surface area contributed by atoms with Crippen LogP contribution in [0.1, 0.15) is 44.0 Å². The molecule has 0 bridgehead atoms. The van der Waals surface area contributed by atoms with Crippen molar-refractivity contribution in [1.82, 2.24) is 9.55 Å². The number of hydrogen-bond donors (Lipinski definition) is 1. The molecule has 0 aliphatic carbocycles. The molecule has 2 atom stereocenters. The smallest absolute Gasteiger partial charge is 0.115 e. The predicted molar refractivity (Wildman–Crippen MR) is 80.7 cm³/mol. The van der Waals surface area contributed by atoms with Gasteiger partial charge < -0.3 is 15.0 Å². The van der Waals surface area contributed by atoms with Crippen LogP contribution in [0.25, 0.3) is 11.0 Å². The van der Waals surface area contributed by atoms with Gasteiger partial charge in [-0.3, -0.25) is 0 Å². The molecule has 0 saturated carbocycles. The Morgan fingerprint density at radius 2 is 2.25 bits per heavy atom. The molecule has 20 heavy (non-hydrogen) atoms. The molecule has 2 aromatic rings. The Bertz CT molecular complexity index is 605. The fourth-order valence-electron chi connectivity index (χ4n) is 3.28. The van der Waals surface area contributed by atoms with E-state index in [9.17, 15) is 0 Å². The van der Waals surface area contributed by atoms with E-state index >= 15 is 0 Å². The first-order chi connectivity index (χ1) is 9.78. The van der Waals surface area contributed by atoms with Crippen LogP contribution in [0.5, 0.6) is 0 Å².